The van der Waals surface area contributed by atoms with E-state index >= 15 is 0 Å². The smallest absolute Gasteiger partial charge is 0.139 e. The Morgan fingerprint density at radius 1 is 0.654 bits per heavy atom. The molecule has 0 radical (unpaired) electrons. The number of hydrogen-bond acceptors (Lipinski definition) is 0. The Hall–Kier alpha value is -1.94. The Balaban J connectivity index is 0. The molecule has 0 saturated carbocycles. The molecule has 2 aromatic carbocycles. The lowest BCUT2D eigenvalue weighted by Gasteiger charge is -2.09. The molecular weight excluding hydrogens is 363 g/mol. The van der Waals surface area contributed by atoms with Crippen molar-refractivity contribution in [2.75, 3.05) is 27.2 Å². The van der Waals surface area contributed by atoms with E-state index in [1.165, 1.54) is 20.9 Å². The van der Waals surface area contributed by atoms with Gasteiger partial charge >= 0.3 is 0 Å². The molecule has 0 spiro atoms. The van der Waals surface area contributed by atoms with E-state index in [4.69, 9.17) is 12.8 Å². The van der Waals surface area contributed by atoms with Gasteiger partial charge in [0.1, 0.15) is 26.2 Å². The summed E-state index contributed by atoms with van der Waals surface area (Å²) in [4.78, 5) is 2.70. The second kappa shape index (κ2) is 16.5. The zero-order valence-electron chi connectivity index (χ0n) is 15.5. The molecule has 2 unspecified atom stereocenters. The predicted octanol–water partition coefficient (Wildman–Crippen LogP) is -5.32. The number of rotatable bonds is 6. The fourth-order valence-electron chi connectivity index (χ4n) is 2.36. The molecule has 26 heavy (non-hydrogen) atoms. The van der Waals surface area contributed by atoms with E-state index in [-0.39, 0.29) is 24.8 Å². The van der Waals surface area contributed by atoms with E-state index < -0.39 is 0 Å². The summed E-state index contributed by atoms with van der Waals surface area (Å²) in [6.07, 6.45) is 10.4. The highest BCUT2D eigenvalue weighted by molar-refractivity contribution is 5.13. The number of quaternary nitrogens is 2. The van der Waals surface area contributed by atoms with E-state index in [1.54, 1.807) is 0 Å². The fourth-order valence-corrected chi connectivity index (χ4v) is 2.36. The Labute approximate surface area is 171 Å². The summed E-state index contributed by atoms with van der Waals surface area (Å²) < 4.78 is 0. The number of terminal acetylenes is 2. The minimum absolute atomic E-state index is 0. The van der Waals surface area contributed by atoms with Gasteiger partial charge in [-0.3, -0.25) is 0 Å². The van der Waals surface area contributed by atoms with Crippen LogP contribution in [0.25, 0.3) is 0 Å². The Morgan fingerprint density at radius 3 is 1.23 bits per heavy atom. The van der Waals surface area contributed by atoms with Crippen LogP contribution in [-0.2, 0) is 13.1 Å². The van der Waals surface area contributed by atoms with Crippen molar-refractivity contribution < 1.29 is 34.6 Å². The van der Waals surface area contributed by atoms with Crippen molar-refractivity contribution in [2.24, 2.45) is 0 Å². The van der Waals surface area contributed by atoms with Crippen molar-refractivity contribution >= 4 is 0 Å². The summed E-state index contributed by atoms with van der Waals surface area (Å²) in [5.41, 5.74) is 2.68. The van der Waals surface area contributed by atoms with Crippen LogP contribution in [0.2, 0.25) is 0 Å². The number of halogens is 2. The molecule has 0 bridgehead atoms. The SMILES string of the molecule is C#CC[NH+](C)Cc1ccccc1.C#CC[NH+](C)Cc1ccccc1.[Cl-].[Cl-]. The summed E-state index contributed by atoms with van der Waals surface area (Å²) in [5, 5.41) is 0. The third-order valence-corrected chi connectivity index (χ3v) is 3.51. The van der Waals surface area contributed by atoms with Crippen LogP contribution in [0.4, 0.5) is 0 Å². The first-order valence-corrected chi connectivity index (χ1v) is 8.23. The zero-order chi connectivity index (χ0) is 17.6. The molecule has 2 N–H and O–H groups in total. The van der Waals surface area contributed by atoms with Gasteiger partial charge in [-0.25, -0.2) is 0 Å². The van der Waals surface area contributed by atoms with Gasteiger partial charge in [-0.1, -0.05) is 60.7 Å². The summed E-state index contributed by atoms with van der Waals surface area (Å²) >= 11 is 0. The second-order valence-corrected chi connectivity index (χ2v) is 6.00. The van der Waals surface area contributed by atoms with Crippen LogP contribution < -0.4 is 34.6 Å². The third-order valence-electron chi connectivity index (χ3n) is 3.51. The average Bonchev–Trinajstić information content (AvgIpc) is 2.58. The zero-order valence-corrected chi connectivity index (χ0v) is 17.0. The van der Waals surface area contributed by atoms with Gasteiger partial charge in [0.25, 0.3) is 0 Å². The summed E-state index contributed by atoms with van der Waals surface area (Å²) in [5.74, 6) is 5.30. The first kappa shape index (κ1) is 26.3. The topological polar surface area (TPSA) is 8.88 Å². The molecule has 140 valence electrons. The summed E-state index contributed by atoms with van der Waals surface area (Å²) in [6, 6.07) is 20.8. The molecule has 2 nitrogen and oxygen atoms in total. The van der Waals surface area contributed by atoms with Crippen molar-refractivity contribution in [1.82, 2.24) is 0 Å². The molecule has 0 fully saturated rings. The van der Waals surface area contributed by atoms with Crippen LogP contribution in [0.3, 0.4) is 0 Å². The fraction of sp³-hybridized carbons (Fsp3) is 0.273. The molecule has 2 atom stereocenters. The van der Waals surface area contributed by atoms with Crippen molar-refractivity contribution in [3.8, 4) is 24.7 Å². The van der Waals surface area contributed by atoms with Crippen molar-refractivity contribution in [2.45, 2.75) is 13.1 Å². The van der Waals surface area contributed by atoms with Gasteiger partial charge in [-0.15, -0.1) is 12.8 Å². The molecule has 2 aromatic rings. The lowest BCUT2D eigenvalue weighted by molar-refractivity contribution is -0.886. The lowest BCUT2D eigenvalue weighted by Crippen LogP contribution is -3.07. The monoisotopic (exact) mass is 390 g/mol. The van der Waals surface area contributed by atoms with Crippen LogP contribution in [0, 0.1) is 24.7 Å². The third kappa shape index (κ3) is 12.4. The molecule has 0 aliphatic heterocycles. The minimum Gasteiger partial charge on any atom is -1.00 e. The number of nitrogens with one attached hydrogen (secondary N) is 2. The highest BCUT2D eigenvalue weighted by Gasteiger charge is 2.00. The molecule has 2 rings (SSSR count). The van der Waals surface area contributed by atoms with Gasteiger partial charge in [-0.05, 0) is 11.8 Å². The Morgan fingerprint density at radius 2 is 0.962 bits per heavy atom. The Kier molecular flexibility index (Phi) is 16.7. The molecule has 0 amide bonds. The van der Waals surface area contributed by atoms with E-state index in [9.17, 15) is 0 Å². The van der Waals surface area contributed by atoms with Gasteiger partial charge < -0.3 is 34.6 Å². The van der Waals surface area contributed by atoms with Gasteiger partial charge in [0.05, 0.1) is 14.1 Å². The second-order valence-electron chi connectivity index (χ2n) is 6.00. The van der Waals surface area contributed by atoms with Gasteiger partial charge in [0.2, 0.25) is 0 Å². The number of benzene rings is 2. The standard InChI is InChI=1S/2C11H13N.2ClH/c2*1-3-9-12(2)10-11-7-5-4-6-8-11;;/h2*1,4-8H,9-10H2,2H3;2*1H. The van der Waals surface area contributed by atoms with Crippen LogP contribution in [0.5, 0.6) is 0 Å². The van der Waals surface area contributed by atoms with E-state index in [1.807, 2.05) is 12.1 Å². The maximum absolute atomic E-state index is 5.21. The molecule has 0 saturated heterocycles. The summed E-state index contributed by atoms with van der Waals surface area (Å²) in [7, 11) is 4.21. The quantitative estimate of drug-likeness (QED) is 0.456. The van der Waals surface area contributed by atoms with E-state index in [0.717, 1.165) is 26.2 Å². The van der Waals surface area contributed by atoms with E-state index in [2.05, 4.69) is 74.5 Å². The highest BCUT2D eigenvalue weighted by Crippen LogP contribution is 1.95. The first-order valence-electron chi connectivity index (χ1n) is 8.23. The van der Waals surface area contributed by atoms with Crippen LogP contribution in [-0.4, -0.2) is 27.2 Å². The van der Waals surface area contributed by atoms with Crippen molar-refractivity contribution in [1.29, 1.82) is 0 Å². The molecule has 0 aromatic heterocycles. The van der Waals surface area contributed by atoms with Crippen LogP contribution in [0.1, 0.15) is 11.1 Å². The van der Waals surface area contributed by atoms with E-state index in [0.29, 0.717) is 0 Å². The lowest BCUT2D eigenvalue weighted by atomic mass is 10.2. The van der Waals surface area contributed by atoms with Crippen molar-refractivity contribution in [3.63, 3.8) is 0 Å². The predicted molar refractivity (Wildman–Crippen MR) is 101 cm³/mol. The van der Waals surface area contributed by atoms with Gasteiger partial charge in [0.15, 0.2) is 0 Å². The normalized spacial score (nSPS) is 11.1. The maximum Gasteiger partial charge on any atom is 0.139 e. The van der Waals surface area contributed by atoms with Crippen LogP contribution >= 0.6 is 0 Å². The summed E-state index contributed by atoms with van der Waals surface area (Å²) in [6.45, 7) is 3.58. The first-order chi connectivity index (χ1) is 11.7. The molecule has 0 aliphatic rings. The van der Waals surface area contributed by atoms with Gasteiger partial charge in [-0.2, -0.15) is 0 Å². The highest BCUT2D eigenvalue weighted by atomic mass is 35.5. The molecule has 4 heteroatoms. The van der Waals surface area contributed by atoms with Crippen molar-refractivity contribution in [3.05, 3.63) is 71.8 Å². The average molecular weight is 391 g/mol. The maximum atomic E-state index is 5.21. The largest absolute Gasteiger partial charge is 1.00 e. The molecular formula is C22H28Cl2N2. The number of hydrogen-bond donors (Lipinski definition) is 2. The van der Waals surface area contributed by atoms with Crippen LogP contribution in [0.15, 0.2) is 60.7 Å². The van der Waals surface area contributed by atoms with Gasteiger partial charge in [0, 0.05) is 11.1 Å². The Bertz CT molecular complexity index is 586. The molecule has 0 aliphatic carbocycles. The molecule has 0 heterocycles. The minimum atomic E-state index is 0.